The van der Waals surface area contributed by atoms with Crippen LogP contribution in [0.4, 0.5) is 0 Å². The van der Waals surface area contributed by atoms with E-state index in [1.165, 1.54) is 5.56 Å². The molecule has 1 fully saturated rings. The van der Waals surface area contributed by atoms with Crippen molar-refractivity contribution in [1.82, 2.24) is 9.80 Å². The lowest BCUT2D eigenvalue weighted by Crippen LogP contribution is -2.48. The zero-order valence-corrected chi connectivity index (χ0v) is 23.1. The van der Waals surface area contributed by atoms with E-state index in [1.807, 2.05) is 35.2 Å². The third-order valence-corrected chi connectivity index (χ3v) is 8.19. The minimum absolute atomic E-state index is 0.0294. The average Bonchev–Trinajstić information content (AvgIpc) is 2.99. The van der Waals surface area contributed by atoms with E-state index in [0.717, 1.165) is 30.6 Å². The molecule has 0 aliphatic carbocycles. The number of likely N-dealkylation sites (tertiary alicyclic amines) is 1. The molecule has 0 saturated carbocycles. The summed E-state index contributed by atoms with van der Waals surface area (Å²) in [6.45, 7) is 1.39. The summed E-state index contributed by atoms with van der Waals surface area (Å²) in [5.74, 6) is 1.52. The van der Waals surface area contributed by atoms with Crippen LogP contribution in [0.15, 0.2) is 66.7 Å². The molecular weight excluding hydrogens is 492 g/mol. The summed E-state index contributed by atoms with van der Waals surface area (Å²) in [6.07, 6.45) is 2.93. The first-order chi connectivity index (χ1) is 18.9. The lowest BCUT2D eigenvalue weighted by atomic mass is 9.78. The fraction of sp³-hybridized carbons (Fsp3) is 0.375. The maximum atomic E-state index is 14.4. The van der Waals surface area contributed by atoms with Crippen LogP contribution in [0.1, 0.15) is 51.8 Å². The predicted octanol–water partition coefficient (Wildman–Crippen LogP) is 5.10. The first kappa shape index (κ1) is 26.6. The van der Waals surface area contributed by atoms with Crippen LogP contribution in [0.25, 0.3) is 0 Å². The van der Waals surface area contributed by atoms with Crippen molar-refractivity contribution < 1.29 is 23.8 Å². The predicted molar refractivity (Wildman–Crippen MR) is 150 cm³/mol. The number of nitrogens with zero attached hydrogens (tertiary/aromatic N) is 2. The van der Waals surface area contributed by atoms with Crippen molar-refractivity contribution in [2.45, 2.75) is 31.2 Å². The van der Waals surface area contributed by atoms with E-state index in [0.29, 0.717) is 41.6 Å². The van der Waals surface area contributed by atoms with Crippen molar-refractivity contribution in [3.05, 3.63) is 89.0 Å². The number of amides is 2. The van der Waals surface area contributed by atoms with E-state index in [1.54, 1.807) is 45.4 Å². The molecular formula is C32H36N2O5. The monoisotopic (exact) mass is 528 g/mol. The molecule has 2 aliphatic rings. The van der Waals surface area contributed by atoms with Crippen LogP contribution in [0.5, 0.6) is 17.2 Å². The molecule has 39 heavy (non-hydrogen) atoms. The number of carbonyl (C=O) groups excluding carboxylic acids is 2. The molecule has 0 aromatic heterocycles. The molecule has 2 amide bonds. The lowest BCUT2D eigenvalue weighted by Gasteiger charge is -2.43. The third kappa shape index (κ3) is 5.18. The molecule has 0 spiro atoms. The summed E-state index contributed by atoms with van der Waals surface area (Å²) < 4.78 is 16.4. The van der Waals surface area contributed by atoms with E-state index in [9.17, 15) is 9.59 Å². The van der Waals surface area contributed by atoms with Crippen molar-refractivity contribution in [3.8, 4) is 17.2 Å². The lowest BCUT2D eigenvalue weighted by molar-refractivity contribution is -0.136. The van der Waals surface area contributed by atoms with E-state index >= 15 is 0 Å². The Morgan fingerprint density at radius 1 is 0.872 bits per heavy atom. The minimum atomic E-state index is -0.582. The second-order valence-electron chi connectivity index (χ2n) is 10.4. The van der Waals surface area contributed by atoms with Gasteiger partial charge in [0.25, 0.3) is 5.91 Å². The van der Waals surface area contributed by atoms with Crippen LogP contribution in [0.2, 0.25) is 0 Å². The highest BCUT2D eigenvalue weighted by molar-refractivity contribution is 6.02. The Balaban J connectivity index is 1.49. The van der Waals surface area contributed by atoms with E-state index < -0.39 is 12.0 Å². The number of rotatable bonds is 7. The number of methoxy groups -OCH3 is 3. The minimum Gasteiger partial charge on any atom is -0.497 e. The van der Waals surface area contributed by atoms with Gasteiger partial charge in [0, 0.05) is 25.7 Å². The van der Waals surface area contributed by atoms with Gasteiger partial charge in [0.05, 0.1) is 33.3 Å². The fourth-order valence-electron chi connectivity index (χ4n) is 6.03. The first-order valence-electron chi connectivity index (χ1n) is 13.4. The number of carbonyl (C=O) groups is 2. The highest BCUT2D eigenvalue weighted by Crippen LogP contribution is 2.46. The van der Waals surface area contributed by atoms with Gasteiger partial charge in [-0.15, -0.1) is 0 Å². The Morgan fingerprint density at radius 2 is 1.51 bits per heavy atom. The van der Waals surface area contributed by atoms with Gasteiger partial charge in [0.15, 0.2) is 11.5 Å². The van der Waals surface area contributed by atoms with Gasteiger partial charge in [0.2, 0.25) is 5.91 Å². The van der Waals surface area contributed by atoms with Crippen LogP contribution in [0, 0.1) is 5.92 Å². The molecule has 7 nitrogen and oxygen atoms in total. The summed E-state index contributed by atoms with van der Waals surface area (Å²) in [7, 11) is 6.50. The molecule has 3 aromatic rings. The number of likely N-dealkylation sites (N-methyl/N-ethyl adjacent to an activating group) is 1. The highest BCUT2D eigenvalue weighted by atomic mass is 16.5. The van der Waals surface area contributed by atoms with E-state index in [4.69, 9.17) is 14.2 Å². The third-order valence-electron chi connectivity index (χ3n) is 8.19. The molecule has 0 bridgehead atoms. The topological polar surface area (TPSA) is 68.3 Å². The van der Waals surface area contributed by atoms with Gasteiger partial charge in [-0.1, -0.05) is 42.5 Å². The van der Waals surface area contributed by atoms with Crippen LogP contribution in [-0.4, -0.2) is 63.1 Å². The number of hydrogen-bond donors (Lipinski definition) is 0. The zero-order valence-electron chi connectivity index (χ0n) is 23.1. The second kappa shape index (κ2) is 11.4. The Morgan fingerprint density at radius 3 is 2.13 bits per heavy atom. The fourth-order valence-corrected chi connectivity index (χ4v) is 6.03. The molecule has 2 heterocycles. The Labute approximate surface area is 230 Å². The molecule has 7 heteroatoms. The molecule has 3 aromatic carbocycles. The first-order valence-corrected chi connectivity index (χ1v) is 13.4. The van der Waals surface area contributed by atoms with Crippen LogP contribution >= 0.6 is 0 Å². The molecule has 1 saturated heterocycles. The summed E-state index contributed by atoms with van der Waals surface area (Å²) in [5.41, 5.74) is 3.36. The maximum absolute atomic E-state index is 14.4. The molecule has 2 atom stereocenters. The van der Waals surface area contributed by atoms with Crippen molar-refractivity contribution in [2.75, 3.05) is 41.5 Å². The van der Waals surface area contributed by atoms with Crippen molar-refractivity contribution in [1.29, 1.82) is 0 Å². The van der Waals surface area contributed by atoms with Gasteiger partial charge in [-0.05, 0) is 66.1 Å². The molecule has 0 radical (unpaired) electrons. The van der Waals surface area contributed by atoms with E-state index in [2.05, 4.69) is 24.3 Å². The Bertz CT molecular complexity index is 1320. The second-order valence-corrected chi connectivity index (χ2v) is 10.4. The van der Waals surface area contributed by atoms with Crippen molar-refractivity contribution >= 4 is 11.8 Å². The highest BCUT2D eigenvalue weighted by Gasteiger charge is 2.45. The van der Waals surface area contributed by atoms with Crippen LogP contribution < -0.4 is 14.2 Å². The van der Waals surface area contributed by atoms with E-state index in [-0.39, 0.29) is 11.8 Å². The Kier molecular flexibility index (Phi) is 7.77. The summed E-state index contributed by atoms with van der Waals surface area (Å²) >= 11 is 0. The van der Waals surface area contributed by atoms with Gasteiger partial charge >= 0.3 is 0 Å². The normalized spacial score (nSPS) is 19.4. The maximum Gasteiger partial charge on any atom is 0.254 e. The quantitative estimate of drug-likeness (QED) is 0.427. The van der Waals surface area contributed by atoms with Gasteiger partial charge in [-0.2, -0.15) is 0 Å². The van der Waals surface area contributed by atoms with Crippen LogP contribution in [0.3, 0.4) is 0 Å². The van der Waals surface area contributed by atoms with Gasteiger partial charge in [-0.3, -0.25) is 9.59 Å². The SMILES string of the molecule is COc1ccc([C@@H]2[C@@H](C(=O)N3CCC(Cc4ccccc4)CC3)c3cc(OC)c(OC)cc3C(=O)N2C)cc1. The molecule has 5 rings (SSSR count). The molecule has 204 valence electrons. The molecule has 0 unspecified atom stereocenters. The summed E-state index contributed by atoms with van der Waals surface area (Å²) in [6, 6.07) is 21.2. The van der Waals surface area contributed by atoms with Crippen molar-refractivity contribution in [3.63, 3.8) is 0 Å². The number of hydrogen-bond acceptors (Lipinski definition) is 5. The number of piperidine rings is 1. The molecule has 2 aliphatic heterocycles. The smallest absolute Gasteiger partial charge is 0.254 e. The van der Waals surface area contributed by atoms with Gasteiger partial charge < -0.3 is 24.0 Å². The summed E-state index contributed by atoms with van der Waals surface area (Å²) in [5, 5.41) is 0. The number of fused-ring (bicyclic) bond motifs is 1. The van der Waals surface area contributed by atoms with Gasteiger partial charge in [0.1, 0.15) is 5.75 Å². The summed E-state index contributed by atoms with van der Waals surface area (Å²) in [4.78, 5) is 31.7. The zero-order chi connectivity index (χ0) is 27.5. The largest absolute Gasteiger partial charge is 0.497 e. The van der Waals surface area contributed by atoms with Crippen LogP contribution in [-0.2, 0) is 11.2 Å². The average molecular weight is 529 g/mol. The van der Waals surface area contributed by atoms with Gasteiger partial charge in [-0.25, -0.2) is 0 Å². The number of ether oxygens (including phenoxy) is 3. The Hall–Kier alpha value is -4.00. The van der Waals surface area contributed by atoms with Crippen molar-refractivity contribution in [2.24, 2.45) is 5.92 Å². The number of benzene rings is 3. The molecule has 0 N–H and O–H groups in total. The standard InChI is InChI=1S/C32H36N2O5/c1-33-30(23-10-12-24(37-2)13-11-23)29(25-19-27(38-3)28(39-4)20-26(25)31(33)35)32(36)34-16-14-22(15-17-34)18-21-8-6-5-7-9-21/h5-13,19-20,22,29-30H,14-18H2,1-4H3/t29-,30+/m0/s1.